The van der Waals surface area contributed by atoms with Crippen LogP contribution in [0.3, 0.4) is 0 Å². The van der Waals surface area contributed by atoms with Crippen molar-refractivity contribution in [2.45, 2.75) is 33.4 Å². The van der Waals surface area contributed by atoms with Crippen molar-refractivity contribution in [1.29, 1.82) is 0 Å². The maximum absolute atomic E-state index is 5.24. The number of aryl methyl sites for hydroxylation is 1. The first-order valence-electron chi connectivity index (χ1n) is 5.98. The number of nitrogens with zero attached hydrogens (tertiary/aromatic N) is 1. The van der Waals surface area contributed by atoms with Crippen LogP contribution in [-0.2, 0) is 6.54 Å². The van der Waals surface area contributed by atoms with Gasteiger partial charge < -0.3 is 10.1 Å². The average molecular weight is 254 g/mol. The molecular weight excluding hydrogens is 232 g/mol. The highest BCUT2D eigenvalue weighted by molar-refractivity contribution is 7.99. The molecule has 1 N–H and O–H groups in total. The SMILES string of the molecule is CCSCC(C)NCc1cc(OC)cc(C)n1. The highest BCUT2D eigenvalue weighted by Crippen LogP contribution is 2.13. The summed E-state index contributed by atoms with van der Waals surface area (Å²) in [4.78, 5) is 4.48. The number of hydrogen-bond acceptors (Lipinski definition) is 4. The van der Waals surface area contributed by atoms with Crippen LogP contribution in [0.1, 0.15) is 25.2 Å². The van der Waals surface area contributed by atoms with E-state index in [1.54, 1.807) is 7.11 Å². The molecule has 1 atom stereocenters. The minimum Gasteiger partial charge on any atom is -0.497 e. The van der Waals surface area contributed by atoms with Gasteiger partial charge in [0.25, 0.3) is 0 Å². The fraction of sp³-hybridized carbons (Fsp3) is 0.615. The van der Waals surface area contributed by atoms with E-state index in [4.69, 9.17) is 4.74 Å². The first kappa shape index (κ1) is 14.3. The van der Waals surface area contributed by atoms with Crippen molar-refractivity contribution in [2.24, 2.45) is 0 Å². The fourth-order valence-electron chi connectivity index (χ4n) is 1.54. The minimum atomic E-state index is 0.508. The number of nitrogens with one attached hydrogen (secondary N) is 1. The second-order valence-corrected chi connectivity index (χ2v) is 5.40. The molecule has 1 aromatic heterocycles. The van der Waals surface area contributed by atoms with Gasteiger partial charge in [-0.1, -0.05) is 6.92 Å². The number of methoxy groups -OCH3 is 1. The number of ether oxygens (including phenoxy) is 1. The summed E-state index contributed by atoms with van der Waals surface area (Å²) in [6, 6.07) is 4.44. The van der Waals surface area contributed by atoms with Crippen LogP contribution in [0.15, 0.2) is 12.1 Å². The number of hydrogen-bond donors (Lipinski definition) is 1. The molecule has 1 heterocycles. The van der Waals surface area contributed by atoms with Gasteiger partial charge in [0.2, 0.25) is 0 Å². The van der Waals surface area contributed by atoms with Gasteiger partial charge in [-0.3, -0.25) is 4.98 Å². The van der Waals surface area contributed by atoms with E-state index >= 15 is 0 Å². The molecule has 0 aliphatic rings. The summed E-state index contributed by atoms with van der Waals surface area (Å²) in [7, 11) is 1.69. The summed E-state index contributed by atoms with van der Waals surface area (Å²) in [6.45, 7) is 7.17. The Bertz CT molecular complexity index is 344. The normalized spacial score (nSPS) is 12.5. The van der Waals surface area contributed by atoms with E-state index in [-0.39, 0.29) is 0 Å². The molecule has 0 spiro atoms. The van der Waals surface area contributed by atoms with Crippen LogP contribution in [0.2, 0.25) is 0 Å². The third kappa shape index (κ3) is 5.41. The first-order chi connectivity index (χ1) is 8.15. The van der Waals surface area contributed by atoms with Gasteiger partial charge in [0.1, 0.15) is 5.75 Å². The van der Waals surface area contributed by atoms with Gasteiger partial charge >= 0.3 is 0 Å². The zero-order valence-corrected chi connectivity index (χ0v) is 11.9. The fourth-order valence-corrected chi connectivity index (χ4v) is 2.25. The molecule has 96 valence electrons. The van der Waals surface area contributed by atoms with Gasteiger partial charge in [-0.05, 0) is 19.6 Å². The summed E-state index contributed by atoms with van der Waals surface area (Å²) in [6.07, 6.45) is 0. The van der Waals surface area contributed by atoms with Crippen LogP contribution in [0.4, 0.5) is 0 Å². The van der Waals surface area contributed by atoms with Crippen LogP contribution in [0, 0.1) is 6.92 Å². The smallest absolute Gasteiger partial charge is 0.122 e. The van der Waals surface area contributed by atoms with Crippen LogP contribution in [0.5, 0.6) is 5.75 Å². The van der Waals surface area contributed by atoms with Crippen molar-refractivity contribution in [3.63, 3.8) is 0 Å². The van der Waals surface area contributed by atoms with Crippen molar-refractivity contribution in [2.75, 3.05) is 18.6 Å². The predicted octanol–water partition coefficient (Wildman–Crippen LogP) is 2.63. The van der Waals surface area contributed by atoms with Gasteiger partial charge in [-0.2, -0.15) is 11.8 Å². The van der Waals surface area contributed by atoms with E-state index in [0.717, 1.165) is 29.4 Å². The molecule has 0 bridgehead atoms. The lowest BCUT2D eigenvalue weighted by molar-refractivity contribution is 0.412. The number of rotatable bonds is 7. The van der Waals surface area contributed by atoms with Gasteiger partial charge in [0.05, 0.1) is 12.8 Å². The van der Waals surface area contributed by atoms with E-state index in [1.165, 1.54) is 5.75 Å². The van der Waals surface area contributed by atoms with Crippen molar-refractivity contribution in [3.8, 4) is 5.75 Å². The molecule has 17 heavy (non-hydrogen) atoms. The maximum atomic E-state index is 5.24. The molecule has 0 aromatic carbocycles. The zero-order chi connectivity index (χ0) is 12.7. The number of pyridine rings is 1. The zero-order valence-electron chi connectivity index (χ0n) is 11.1. The maximum Gasteiger partial charge on any atom is 0.122 e. The Balaban J connectivity index is 2.48. The topological polar surface area (TPSA) is 34.1 Å². The van der Waals surface area contributed by atoms with Gasteiger partial charge in [-0.25, -0.2) is 0 Å². The molecule has 3 nitrogen and oxygen atoms in total. The van der Waals surface area contributed by atoms with E-state index in [1.807, 2.05) is 30.8 Å². The van der Waals surface area contributed by atoms with Gasteiger partial charge in [-0.15, -0.1) is 0 Å². The number of aromatic nitrogens is 1. The van der Waals surface area contributed by atoms with Crippen molar-refractivity contribution >= 4 is 11.8 Å². The lowest BCUT2D eigenvalue weighted by Crippen LogP contribution is -2.28. The molecule has 0 aliphatic carbocycles. The molecule has 0 fully saturated rings. The third-order valence-corrected chi connectivity index (χ3v) is 3.56. The standard InChI is InChI=1S/C13H22N2OS/c1-5-17-9-11(3)14-8-12-7-13(16-4)6-10(2)15-12/h6-7,11,14H,5,8-9H2,1-4H3. The lowest BCUT2D eigenvalue weighted by Gasteiger charge is -2.13. The van der Waals surface area contributed by atoms with Crippen molar-refractivity contribution in [3.05, 3.63) is 23.5 Å². The second-order valence-electron chi connectivity index (χ2n) is 4.08. The molecule has 0 radical (unpaired) electrons. The predicted molar refractivity (Wildman–Crippen MR) is 74.8 cm³/mol. The Morgan fingerprint density at radius 3 is 2.88 bits per heavy atom. The first-order valence-corrected chi connectivity index (χ1v) is 7.13. The average Bonchev–Trinajstić information content (AvgIpc) is 2.33. The third-order valence-electron chi connectivity index (χ3n) is 2.42. The molecule has 1 rings (SSSR count). The number of thioether (sulfide) groups is 1. The Hall–Kier alpha value is -0.740. The van der Waals surface area contributed by atoms with Crippen molar-refractivity contribution in [1.82, 2.24) is 10.3 Å². The summed E-state index contributed by atoms with van der Waals surface area (Å²) in [5.41, 5.74) is 2.03. The van der Waals surface area contributed by atoms with E-state index in [0.29, 0.717) is 6.04 Å². The van der Waals surface area contributed by atoms with Crippen LogP contribution in [0.25, 0.3) is 0 Å². The lowest BCUT2D eigenvalue weighted by atomic mass is 10.2. The Morgan fingerprint density at radius 2 is 2.24 bits per heavy atom. The molecule has 4 heteroatoms. The molecule has 1 unspecified atom stereocenters. The molecular formula is C13H22N2OS. The molecule has 0 amide bonds. The Labute approximate surface area is 108 Å². The van der Waals surface area contributed by atoms with E-state index < -0.39 is 0 Å². The summed E-state index contributed by atoms with van der Waals surface area (Å²) >= 11 is 1.95. The van der Waals surface area contributed by atoms with Gasteiger partial charge in [0.15, 0.2) is 0 Å². The highest BCUT2D eigenvalue weighted by Gasteiger charge is 2.04. The van der Waals surface area contributed by atoms with Crippen LogP contribution in [-0.4, -0.2) is 29.6 Å². The van der Waals surface area contributed by atoms with Crippen LogP contribution < -0.4 is 10.1 Å². The highest BCUT2D eigenvalue weighted by atomic mass is 32.2. The van der Waals surface area contributed by atoms with Crippen molar-refractivity contribution < 1.29 is 4.74 Å². The molecule has 0 saturated heterocycles. The monoisotopic (exact) mass is 254 g/mol. The van der Waals surface area contributed by atoms with E-state index in [9.17, 15) is 0 Å². The largest absolute Gasteiger partial charge is 0.497 e. The Morgan fingerprint density at radius 1 is 1.47 bits per heavy atom. The second kappa shape index (κ2) is 7.56. The molecule has 0 saturated carbocycles. The minimum absolute atomic E-state index is 0.508. The van der Waals surface area contributed by atoms with Gasteiger partial charge in [0, 0.05) is 36.2 Å². The van der Waals surface area contributed by atoms with E-state index in [2.05, 4.69) is 24.1 Å². The van der Waals surface area contributed by atoms with Crippen LogP contribution >= 0.6 is 11.8 Å². The summed E-state index contributed by atoms with van der Waals surface area (Å²) in [5.74, 6) is 3.19. The summed E-state index contributed by atoms with van der Waals surface area (Å²) in [5, 5.41) is 3.47. The quantitative estimate of drug-likeness (QED) is 0.811. The Kier molecular flexibility index (Phi) is 6.37. The summed E-state index contributed by atoms with van der Waals surface area (Å²) < 4.78 is 5.24. The molecule has 0 aliphatic heterocycles. The molecule has 1 aromatic rings.